The summed E-state index contributed by atoms with van der Waals surface area (Å²) in [7, 11) is -5.85. The summed E-state index contributed by atoms with van der Waals surface area (Å²) < 4.78 is 62.4. The number of alkyl halides is 3. The van der Waals surface area contributed by atoms with E-state index in [1.165, 1.54) is 12.1 Å². The number of benzene rings is 1. The first-order valence-electron chi connectivity index (χ1n) is 6.56. The molecule has 0 saturated carbocycles. The predicted octanol–water partition coefficient (Wildman–Crippen LogP) is 2.97. The number of aliphatic hydroxyl groups excluding tert-OH is 1. The van der Waals surface area contributed by atoms with Gasteiger partial charge in [0.05, 0.1) is 11.8 Å². The fourth-order valence-corrected chi connectivity index (χ4v) is 1.81. The molecule has 128 valence electrons. The lowest BCUT2D eigenvalue weighted by Crippen LogP contribution is -2.25. The zero-order chi connectivity index (χ0) is 17.7. The largest absolute Gasteiger partial charge is 0.536 e. The molecule has 0 aliphatic carbocycles. The van der Waals surface area contributed by atoms with Crippen molar-refractivity contribution in [1.82, 2.24) is 0 Å². The van der Waals surface area contributed by atoms with Gasteiger partial charge >= 0.3 is 15.6 Å². The van der Waals surface area contributed by atoms with Gasteiger partial charge in [-0.2, -0.15) is 21.6 Å². The Balaban J connectivity index is 3.10. The molecular formula is C14H16F3NO4S. The summed E-state index contributed by atoms with van der Waals surface area (Å²) in [6.45, 7) is 5.37. The Bertz CT molecular complexity index is 669. The van der Waals surface area contributed by atoms with Crippen molar-refractivity contribution in [2.45, 2.75) is 31.4 Å². The van der Waals surface area contributed by atoms with E-state index in [-0.39, 0.29) is 12.1 Å². The normalized spacial score (nSPS) is 14.4. The highest BCUT2D eigenvalue weighted by Gasteiger charge is 2.49. The topological polar surface area (TPSA) is 76.0 Å². The van der Waals surface area contributed by atoms with Crippen LogP contribution in [0.1, 0.15) is 25.3 Å². The molecule has 23 heavy (non-hydrogen) atoms. The number of rotatable bonds is 7. The highest BCUT2D eigenvalue weighted by atomic mass is 32.2. The Morgan fingerprint density at radius 2 is 1.91 bits per heavy atom. The van der Waals surface area contributed by atoms with Crippen LogP contribution in [0.5, 0.6) is 0 Å². The molecule has 0 radical (unpaired) electrons. The van der Waals surface area contributed by atoms with Crippen LogP contribution in [0.4, 0.5) is 13.2 Å². The summed E-state index contributed by atoms with van der Waals surface area (Å²) in [5.41, 5.74) is -4.95. The quantitative estimate of drug-likeness (QED) is 0.355. The second-order valence-electron chi connectivity index (χ2n) is 4.61. The molecule has 0 aliphatic rings. The summed E-state index contributed by atoms with van der Waals surface area (Å²) in [4.78, 5) is 0. The SMILES string of the molecule is C=C(CC)C(O)CC(=NOS(=O)(=O)C(F)(F)F)c1ccccc1. The third-order valence-corrected chi connectivity index (χ3v) is 3.79. The zero-order valence-electron chi connectivity index (χ0n) is 12.2. The van der Waals surface area contributed by atoms with E-state index in [4.69, 9.17) is 0 Å². The van der Waals surface area contributed by atoms with Gasteiger partial charge in [-0.15, -0.1) is 0 Å². The lowest BCUT2D eigenvalue weighted by atomic mass is 9.99. The minimum Gasteiger partial charge on any atom is -0.388 e. The van der Waals surface area contributed by atoms with Crippen molar-refractivity contribution >= 4 is 15.8 Å². The molecule has 0 spiro atoms. The number of hydrogen-bond donors (Lipinski definition) is 1. The van der Waals surface area contributed by atoms with Gasteiger partial charge in [0.15, 0.2) is 0 Å². The molecule has 0 aromatic heterocycles. The Labute approximate surface area is 132 Å². The van der Waals surface area contributed by atoms with Crippen molar-refractivity contribution in [3.8, 4) is 0 Å². The minimum absolute atomic E-state index is 0.138. The van der Waals surface area contributed by atoms with Crippen molar-refractivity contribution < 1.29 is 31.0 Å². The van der Waals surface area contributed by atoms with Crippen LogP contribution in [-0.4, -0.2) is 30.8 Å². The van der Waals surface area contributed by atoms with Gasteiger partial charge in [0.25, 0.3) is 0 Å². The maximum absolute atomic E-state index is 12.3. The fraction of sp³-hybridized carbons (Fsp3) is 0.357. The van der Waals surface area contributed by atoms with Crippen molar-refractivity contribution in [2.75, 3.05) is 0 Å². The van der Waals surface area contributed by atoms with Gasteiger partial charge < -0.3 is 5.11 Å². The first-order valence-corrected chi connectivity index (χ1v) is 7.97. The van der Waals surface area contributed by atoms with Gasteiger partial charge in [0.2, 0.25) is 0 Å². The Morgan fingerprint density at radius 3 is 2.39 bits per heavy atom. The zero-order valence-corrected chi connectivity index (χ0v) is 13.1. The molecule has 0 saturated heterocycles. The molecule has 5 nitrogen and oxygen atoms in total. The van der Waals surface area contributed by atoms with E-state index < -0.39 is 21.7 Å². The second-order valence-corrected chi connectivity index (χ2v) is 6.13. The molecule has 0 heterocycles. The Kier molecular flexibility index (Phi) is 6.34. The highest BCUT2D eigenvalue weighted by Crippen LogP contribution is 2.25. The standard InChI is InChI=1S/C14H16F3NO4S/c1-3-10(2)13(19)9-12(11-7-5-4-6-8-11)18-22-23(20,21)14(15,16)17/h4-8,13,19H,2-3,9H2,1H3. The van der Waals surface area contributed by atoms with Gasteiger partial charge in [-0.25, -0.2) is 0 Å². The van der Waals surface area contributed by atoms with Crippen LogP contribution < -0.4 is 0 Å². The van der Waals surface area contributed by atoms with Gasteiger partial charge in [0.1, 0.15) is 0 Å². The third-order valence-electron chi connectivity index (χ3n) is 2.95. The van der Waals surface area contributed by atoms with Crippen LogP contribution in [-0.2, 0) is 14.4 Å². The molecule has 9 heteroatoms. The molecule has 0 bridgehead atoms. The molecule has 1 atom stereocenters. The molecule has 1 aromatic rings. The second kappa shape index (κ2) is 7.60. The highest BCUT2D eigenvalue weighted by molar-refractivity contribution is 7.87. The van der Waals surface area contributed by atoms with Crippen LogP contribution in [0.15, 0.2) is 47.6 Å². The molecule has 0 aliphatic heterocycles. The predicted molar refractivity (Wildman–Crippen MR) is 79.1 cm³/mol. The lowest BCUT2D eigenvalue weighted by Gasteiger charge is -2.14. The van der Waals surface area contributed by atoms with E-state index in [1.807, 2.05) is 0 Å². The van der Waals surface area contributed by atoms with E-state index >= 15 is 0 Å². The molecule has 0 fully saturated rings. The van der Waals surface area contributed by atoms with E-state index in [0.717, 1.165) is 0 Å². The van der Waals surface area contributed by atoms with E-state index in [1.54, 1.807) is 25.1 Å². The van der Waals surface area contributed by atoms with Crippen LogP contribution in [0.2, 0.25) is 0 Å². The molecule has 0 amide bonds. The minimum atomic E-state index is -5.85. The van der Waals surface area contributed by atoms with Gasteiger partial charge in [-0.1, -0.05) is 49.0 Å². The number of nitrogens with zero attached hydrogens (tertiary/aromatic N) is 1. The van der Waals surface area contributed by atoms with Crippen molar-refractivity contribution in [2.24, 2.45) is 5.16 Å². The maximum Gasteiger partial charge on any atom is 0.536 e. The fourth-order valence-electron chi connectivity index (χ4n) is 1.54. The molecule has 1 unspecified atom stereocenters. The van der Waals surface area contributed by atoms with Crippen molar-refractivity contribution in [3.05, 3.63) is 48.0 Å². The van der Waals surface area contributed by atoms with Crippen LogP contribution in [0.3, 0.4) is 0 Å². The Morgan fingerprint density at radius 1 is 1.35 bits per heavy atom. The average molecular weight is 351 g/mol. The molecule has 1 rings (SSSR count). The first kappa shape index (κ1) is 19.2. The summed E-state index contributed by atoms with van der Waals surface area (Å²) in [6, 6.07) is 7.85. The summed E-state index contributed by atoms with van der Waals surface area (Å²) in [5, 5.41) is 13.0. The van der Waals surface area contributed by atoms with Crippen molar-refractivity contribution in [1.29, 1.82) is 0 Å². The van der Waals surface area contributed by atoms with Gasteiger partial charge in [-0.05, 0) is 17.6 Å². The number of hydrogen-bond acceptors (Lipinski definition) is 5. The van der Waals surface area contributed by atoms with Gasteiger partial charge in [-0.3, -0.25) is 4.28 Å². The molecule has 1 aromatic carbocycles. The van der Waals surface area contributed by atoms with Crippen LogP contribution in [0, 0.1) is 0 Å². The van der Waals surface area contributed by atoms with E-state index in [9.17, 15) is 26.7 Å². The lowest BCUT2D eigenvalue weighted by molar-refractivity contribution is -0.0541. The number of oxime groups is 1. The summed E-state index contributed by atoms with van der Waals surface area (Å²) >= 11 is 0. The third kappa shape index (κ3) is 5.36. The Hall–Kier alpha value is -1.87. The number of aliphatic hydroxyl groups is 1. The smallest absolute Gasteiger partial charge is 0.388 e. The van der Waals surface area contributed by atoms with Crippen molar-refractivity contribution in [3.63, 3.8) is 0 Å². The monoisotopic (exact) mass is 351 g/mol. The van der Waals surface area contributed by atoms with Crippen LogP contribution >= 0.6 is 0 Å². The summed E-state index contributed by atoms with van der Waals surface area (Å²) in [5.74, 6) is 0. The average Bonchev–Trinajstić information content (AvgIpc) is 2.50. The van der Waals surface area contributed by atoms with E-state index in [2.05, 4.69) is 16.0 Å². The van der Waals surface area contributed by atoms with Gasteiger partial charge in [0, 0.05) is 6.42 Å². The molecule has 1 N–H and O–H groups in total. The van der Waals surface area contributed by atoms with E-state index in [0.29, 0.717) is 17.6 Å². The maximum atomic E-state index is 12.3. The summed E-state index contributed by atoms with van der Waals surface area (Å²) in [6.07, 6.45) is -0.870. The molecular weight excluding hydrogens is 335 g/mol. The number of halogens is 3. The first-order chi connectivity index (χ1) is 10.6. The van der Waals surface area contributed by atoms with Crippen LogP contribution in [0.25, 0.3) is 0 Å².